The van der Waals surface area contributed by atoms with Gasteiger partial charge >= 0.3 is 5.69 Å². The van der Waals surface area contributed by atoms with Crippen LogP contribution in [-0.4, -0.2) is 27.1 Å². The summed E-state index contributed by atoms with van der Waals surface area (Å²) in [6, 6.07) is 2.69. The van der Waals surface area contributed by atoms with Gasteiger partial charge in [-0.3, -0.25) is 14.9 Å². The molecule has 2 N–H and O–H groups in total. The van der Waals surface area contributed by atoms with E-state index in [-0.39, 0.29) is 11.3 Å². The number of nitro benzene ring substituents is 1. The number of phenolic OH excluding ortho intramolecular Hbond substituents is 1. The highest BCUT2D eigenvalue weighted by molar-refractivity contribution is 7.18. The Kier molecular flexibility index (Phi) is 4.15. The first-order valence-corrected chi connectivity index (χ1v) is 9.07. The van der Waals surface area contributed by atoms with Crippen LogP contribution in [0.3, 0.4) is 0 Å². The fourth-order valence-corrected chi connectivity index (χ4v) is 4.55. The van der Waals surface area contributed by atoms with Crippen LogP contribution in [-0.2, 0) is 12.8 Å². The van der Waals surface area contributed by atoms with Crippen molar-refractivity contribution in [3.8, 4) is 11.5 Å². The summed E-state index contributed by atoms with van der Waals surface area (Å²) in [7, 11) is 1.31. The number of methoxy groups -OCH3 is 1. The van der Waals surface area contributed by atoms with Crippen LogP contribution in [0, 0.1) is 10.1 Å². The molecule has 8 nitrogen and oxygen atoms in total. The maximum absolute atomic E-state index is 12.5. The number of hydrogen-bond donors (Lipinski definition) is 2. The van der Waals surface area contributed by atoms with Gasteiger partial charge in [-0.05, 0) is 42.5 Å². The average molecular weight is 385 g/mol. The lowest BCUT2D eigenvalue weighted by Gasteiger charge is -2.05. The van der Waals surface area contributed by atoms with E-state index in [1.807, 2.05) is 0 Å². The third-order valence-electron chi connectivity index (χ3n) is 4.52. The molecule has 138 valence electrons. The largest absolute Gasteiger partial charge is 0.500 e. The second kappa shape index (κ2) is 6.51. The molecule has 4 rings (SSSR count). The molecule has 1 aromatic carbocycles. The molecule has 0 saturated heterocycles. The van der Waals surface area contributed by atoms with E-state index in [4.69, 9.17) is 4.74 Å². The lowest BCUT2D eigenvalue weighted by molar-refractivity contribution is -0.386. The standard InChI is InChI=1S/C18H15N3O5S/c1-26-12-8-9(7-11(16(12)22)21(24)25)5-6-14-19-17(23)15-10-3-2-4-13(10)27-18(15)20-14/h5-8,22H,2-4H2,1H3,(H,19,20,23)/b6-5+. The minimum atomic E-state index is -0.686. The summed E-state index contributed by atoms with van der Waals surface area (Å²) in [5.74, 6) is -0.168. The molecule has 1 aliphatic rings. The maximum Gasteiger partial charge on any atom is 0.315 e. The SMILES string of the molecule is COc1cc(/C=C/c2nc3sc4c(c3c(=O)[nH]2)CCC4)cc([N+](=O)[O-])c1O. The molecule has 3 aromatic rings. The zero-order valence-electron chi connectivity index (χ0n) is 14.3. The normalized spacial score (nSPS) is 13.4. The summed E-state index contributed by atoms with van der Waals surface area (Å²) in [6.07, 6.45) is 6.10. The monoisotopic (exact) mass is 385 g/mol. The fraction of sp³-hybridized carbons (Fsp3) is 0.222. The van der Waals surface area contributed by atoms with Gasteiger partial charge in [-0.15, -0.1) is 11.3 Å². The van der Waals surface area contributed by atoms with Crippen LogP contribution in [0.5, 0.6) is 11.5 Å². The molecule has 2 heterocycles. The van der Waals surface area contributed by atoms with Crippen molar-refractivity contribution in [2.75, 3.05) is 7.11 Å². The molecule has 0 bridgehead atoms. The van der Waals surface area contributed by atoms with E-state index in [9.17, 15) is 20.0 Å². The third kappa shape index (κ3) is 2.95. The third-order valence-corrected chi connectivity index (χ3v) is 5.71. The molecule has 0 aliphatic heterocycles. The van der Waals surface area contributed by atoms with Crippen molar-refractivity contribution in [3.63, 3.8) is 0 Å². The van der Waals surface area contributed by atoms with Crippen LogP contribution in [0.15, 0.2) is 16.9 Å². The molecule has 0 radical (unpaired) electrons. The summed E-state index contributed by atoms with van der Waals surface area (Å²) < 4.78 is 4.98. The zero-order valence-corrected chi connectivity index (χ0v) is 15.1. The Hall–Kier alpha value is -3.20. The molecule has 0 spiro atoms. The Morgan fingerprint density at radius 2 is 2.19 bits per heavy atom. The number of phenols is 1. The number of thiophene rings is 1. The first-order chi connectivity index (χ1) is 13.0. The number of aromatic hydroxyl groups is 1. The van der Waals surface area contributed by atoms with Crippen LogP contribution < -0.4 is 10.3 Å². The van der Waals surface area contributed by atoms with E-state index in [0.717, 1.165) is 24.8 Å². The van der Waals surface area contributed by atoms with Crippen molar-refractivity contribution >= 4 is 39.4 Å². The second-order valence-electron chi connectivity index (χ2n) is 6.17. The number of nitro groups is 1. The van der Waals surface area contributed by atoms with Crippen LogP contribution in [0.25, 0.3) is 22.4 Å². The van der Waals surface area contributed by atoms with Gasteiger partial charge < -0.3 is 14.8 Å². The molecular weight excluding hydrogens is 370 g/mol. The second-order valence-corrected chi connectivity index (χ2v) is 7.25. The number of aryl methyl sites for hydroxylation is 2. The van der Waals surface area contributed by atoms with E-state index < -0.39 is 16.4 Å². The van der Waals surface area contributed by atoms with Crippen LogP contribution >= 0.6 is 11.3 Å². The Labute approximate surface area is 156 Å². The number of benzene rings is 1. The molecular formula is C18H15N3O5S. The Balaban J connectivity index is 1.74. The highest BCUT2D eigenvalue weighted by atomic mass is 32.1. The zero-order chi connectivity index (χ0) is 19.1. The number of nitrogens with zero attached hydrogens (tertiary/aromatic N) is 2. The van der Waals surface area contributed by atoms with Crippen molar-refractivity contribution in [1.29, 1.82) is 0 Å². The van der Waals surface area contributed by atoms with E-state index in [0.29, 0.717) is 21.6 Å². The number of rotatable bonds is 4. The Morgan fingerprint density at radius 1 is 1.37 bits per heavy atom. The predicted octanol–water partition coefficient (Wildman–Crippen LogP) is 3.27. The lowest BCUT2D eigenvalue weighted by Crippen LogP contribution is -2.09. The molecule has 27 heavy (non-hydrogen) atoms. The van der Waals surface area contributed by atoms with E-state index >= 15 is 0 Å². The first kappa shape index (κ1) is 17.2. The smallest absolute Gasteiger partial charge is 0.315 e. The number of aromatic nitrogens is 2. The number of aromatic amines is 1. The molecule has 9 heteroatoms. The number of ether oxygens (including phenoxy) is 1. The fourth-order valence-electron chi connectivity index (χ4n) is 3.28. The Morgan fingerprint density at radius 3 is 2.93 bits per heavy atom. The minimum Gasteiger partial charge on any atom is -0.500 e. The van der Waals surface area contributed by atoms with Gasteiger partial charge in [0.2, 0.25) is 5.75 Å². The van der Waals surface area contributed by atoms with Gasteiger partial charge in [-0.25, -0.2) is 4.98 Å². The summed E-state index contributed by atoms with van der Waals surface area (Å²) in [4.78, 5) is 32.0. The van der Waals surface area contributed by atoms with Crippen LogP contribution in [0.2, 0.25) is 0 Å². The van der Waals surface area contributed by atoms with Gasteiger partial charge in [0.1, 0.15) is 10.7 Å². The molecule has 0 fully saturated rings. The quantitative estimate of drug-likeness (QED) is 0.526. The van der Waals surface area contributed by atoms with Gasteiger partial charge in [0.15, 0.2) is 5.75 Å². The Bertz CT molecular complexity index is 1160. The molecule has 1 aliphatic carbocycles. The maximum atomic E-state index is 12.5. The van der Waals surface area contributed by atoms with Gasteiger partial charge in [0.25, 0.3) is 5.56 Å². The number of nitrogens with one attached hydrogen (secondary N) is 1. The van der Waals surface area contributed by atoms with Gasteiger partial charge in [0.05, 0.1) is 17.4 Å². The van der Waals surface area contributed by atoms with Crippen molar-refractivity contribution in [2.24, 2.45) is 0 Å². The summed E-state index contributed by atoms with van der Waals surface area (Å²) in [5, 5.41) is 21.6. The first-order valence-electron chi connectivity index (χ1n) is 8.26. The molecule has 0 unspecified atom stereocenters. The highest BCUT2D eigenvalue weighted by Crippen LogP contribution is 2.37. The van der Waals surface area contributed by atoms with Crippen molar-refractivity contribution in [1.82, 2.24) is 9.97 Å². The van der Waals surface area contributed by atoms with Crippen molar-refractivity contribution in [2.45, 2.75) is 19.3 Å². The molecule has 0 saturated carbocycles. The van der Waals surface area contributed by atoms with E-state index in [1.165, 1.54) is 24.1 Å². The van der Waals surface area contributed by atoms with E-state index in [2.05, 4.69) is 9.97 Å². The summed E-state index contributed by atoms with van der Waals surface area (Å²) >= 11 is 1.54. The average Bonchev–Trinajstić information content (AvgIpc) is 3.21. The van der Waals surface area contributed by atoms with Crippen molar-refractivity contribution < 1.29 is 14.8 Å². The van der Waals surface area contributed by atoms with Crippen molar-refractivity contribution in [3.05, 3.63) is 54.4 Å². The number of fused-ring (bicyclic) bond motifs is 3. The van der Waals surface area contributed by atoms with E-state index in [1.54, 1.807) is 23.5 Å². The van der Waals surface area contributed by atoms with Gasteiger partial charge in [-0.1, -0.05) is 6.08 Å². The summed E-state index contributed by atoms with van der Waals surface area (Å²) in [5.41, 5.74) is 0.917. The molecule has 2 aromatic heterocycles. The minimum absolute atomic E-state index is 0.00423. The summed E-state index contributed by atoms with van der Waals surface area (Å²) in [6.45, 7) is 0. The number of hydrogen-bond acceptors (Lipinski definition) is 7. The predicted molar refractivity (Wildman–Crippen MR) is 103 cm³/mol. The topological polar surface area (TPSA) is 118 Å². The number of H-pyrrole nitrogens is 1. The van der Waals surface area contributed by atoms with Crippen LogP contribution in [0.1, 0.15) is 28.2 Å². The van der Waals surface area contributed by atoms with Crippen LogP contribution in [0.4, 0.5) is 5.69 Å². The highest BCUT2D eigenvalue weighted by Gasteiger charge is 2.21. The lowest BCUT2D eigenvalue weighted by atomic mass is 10.1. The molecule has 0 amide bonds. The van der Waals surface area contributed by atoms with Gasteiger partial charge in [0, 0.05) is 10.9 Å². The molecule has 0 atom stereocenters. The van der Waals surface area contributed by atoms with Gasteiger partial charge in [-0.2, -0.15) is 0 Å².